The monoisotopic (exact) mass is 419 g/mol. The van der Waals surface area contributed by atoms with Crippen LogP contribution in [0.5, 0.6) is 11.5 Å². The van der Waals surface area contributed by atoms with Gasteiger partial charge in [-0.15, -0.1) is 0 Å². The van der Waals surface area contributed by atoms with Crippen LogP contribution in [0.25, 0.3) is 11.3 Å². The quantitative estimate of drug-likeness (QED) is 0.593. The molecule has 0 radical (unpaired) electrons. The van der Waals surface area contributed by atoms with Crippen LogP contribution in [0.4, 0.5) is 5.82 Å². The van der Waals surface area contributed by atoms with Crippen molar-refractivity contribution in [3.05, 3.63) is 65.0 Å². The summed E-state index contributed by atoms with van der Waals surface area (Å²) in [6.45, 7) is 4.13. The Bertz CT molecular complexity index is 1080. The third-order valence-corrected chi connectivity index (χ3v) is 5.87. The summed E-state index contributed by atoms with van der Waals surface area (Å²) in [5, 5.41) is 14.2. The molecule has 2 aromatic carbocycles. The van der Waals surface area contributed by atoms with Gasteiger partial charge in [-0.3, -0.25) is 0 Å². The van der Waals surface area contributed by atoms with Crippen LogP contribution in [0.1, 0.15) is 42.4 Å². The zero-order valence-corrected chi connectivity index (χ0v) is 18.5. The van der Waals surface area contributed by atoms with E-state index < -0.39 is 6.10 Å². The van der Waals surface area contributed by atoms with Crippen LogP contribution >= 0.6 is 0 Å². The molecule has 0 spiro atoms. The Morgan fingerprint density at radius 3 is 2.48 bits per heavy atom. The van der Waals surface area contributed by atoms with Crippen LogP contribution in [-0.4, -0.2) is 35.4 Å². The molecule has 162 valence electrons. The van der Waals surface area contributed by atoms with Gasteiger partial charge in [-0.1, -0.05) is 38.1 Å². The lowest BCUT2D eigenvalue weighted by Crippen LogP contribution is -2.23. The van der Waals surface area contributed by atoms with Gasteiger partial charge < -0.3 is 19.9 Å². The van der Waals surface area contributed by atoms with Gasteiger partial charge in [0.25, 0.3) is 0 Å². The van der Waals surface area contributed by atoms with E-state index in [-0.39, 0.29) is 6.04 Å². The molecule has 1 aromatic heterocycles. The maximum Gasteiger partial charge on any atom is 0.148 e. The molecule has 0 unspecified atom stereocenters. The Morgan fingerprint density at radius 2 is 1.77 bits per heavy atom. The van der Waals surface area contributed by atoms with Gasteiger partial charge in [0.05, 0.1) is 43.4 Å². The number of benzene rings is 2. The number of fused-ring (bicyclic) bond motifs is 1. The van der Waals surface area contributed by atoms with Crippen LogP contribution in [0.3, 0.4) is 0 Å². The minimum absolute atomic E-state index is 0.193. The summed E-state index contributed by atoms with van der Waals surface area (Å²) in [5.41, 5.74) is 5.74. The molecular weight excluding hydrogens is 390 g/mol. The van der Waals surface area contributed by atoms with Gasteiger partial charge in [-0.25, -0.2) is 9.97 Å². The van der Waals surface area contributed by atoms with E-state index in [4.69, 9.17) is 19.4 Å². The second-order valence-electron chi connectivity index (χ2n) is 7.68. The summed E-state index contributed by atoms with van der Waals surface area (Å²) < 4.78 is 10.9. The Morgan fingerprint density at radius 1 is 1.00 bits per heavy atom. The van der Waals surface area contributed by atoms with Gasteiger partial charge in [0.2, 0.25) is 0 Å². The maximum absolute atomic E-state index is 10.7. The van der Waals surface area contributed by atoms with Gasteiger partial charge >= 0.3 is 0 Å². The van der Waals surface area contributed by atoms with Crippen LogP contribution in [0, 0.1) is 0 Å². The van der Waals surface area contributed by atoms with E-state index in [2.05, 4.69) is 31.3 Å². The molecule has 2 atom stereocenters. The molecule has 6 nitrogen and oxygen atoms in total. The third kappa shape index (κ3) is 3.95. The highest BCUT2D eigenvalue weighted by atomic mass is 16.5. The fourth-order valence-electron chi connectivity index (χ4n) is 4.22. The molecule has 0 saturated heterocycles. The maximum atomic E-state index is 10.7. The summed E-state index contributed by atoms with van der Waals surface area (Å²) >= 11 is 0. The average molecular weight is 420 g/mol. The van der Waals surface area contributed by atoms with Crippen molar-refractivity contribution in [3.8, 4) is 22.8 Å². The van der Waals surface area contributed by atoms with Crippen LogP contribution in [-0.2, 0) is 19.3 Å². The molecule has 1 aliphatic carbocycles. The topological polar surface area (TPSA) is 76.5 Å². The Balaban J connectivity index is 1.76. The molecule has 0 amide bonds. The van der Waals surface area contributed by atoms with Crippen molar-refractivity contribution in [2.45, 2.75) is 45.3 Å². The number of methoxy groups -OCH3 is 2. The van der Waals surface area contributed by atoms with Gasteiger partial charge in [0.1, 0.15) is 17.3 Å². The summed E-state index contributed by atoms with van der Waals surface area (Å²) in [6, 6.07) is 13.7. The predicted molar refractivity (Wildman–Crippen MR) is 122 cm³/mol. The van der Waals surface area contributed by atoms with Crippen molar-refractivity contribution in [2.24, 2.45) is 0 Å². The number of aliphatic hydroxyl groups excluding tert-OH is 1. The number of rotatable bonds is 7. The predicted octanol–water partition coefficient (Wildman–Crippen LogP) is 4.36. The van der Waals surface area contributed by atoms with Gasteiger partial charge in [-0.2, -0.15) is 0 Å². The van der Waals surface area contributed by atoms with Crippen LogP contribution in [0.2, 0.25) is 0 Å². The first-order chi connectivity index (χ1) is 15.1. The van der Waals surface area contributed by atoms with Gasteiger partial charge in [0, 0.05) is 18.1 Å². The molecule has 0 saturated carbocycles. The van der Waals surface area contributed by atoms with Crippen molar-refractivity contribution in [1.82, 2.24) is 9.97 Å². The van der Waals surface area contributed by atoms with E-state index in [1.54, 1.807) is 14.2 Å². The highest BCUT2D eigenvalue weighted by Gasteiger charge is 2.31. The number of ether oxygens (including phenoxy) is 2. The van der Waals surface area contributed by atoms with Gasteiger partial charge in [0.15, 0.2) is 0 Å². The Hall–Kier alpha value is -3.12. The zero-order valence-electron chi connectivity index (χ0n) is 18.5. The number of hydrogen-bond donors (Lipinski definition) is 2. The van der Waals surface area contributed by atoms with Crippen molar-refractivity contribution < 1.29 is 14.6 Å². The average Bonchev–Trinajstić information content (AvgIpc) is 3.13. The molecule has 1 aliphatic rings. The molecule has 2 N–H and O–H groups in total. The molecule has 0 aliphatic heterocycles. The van der Waals surface area contributed by atoms with Crippen molar-refractivity contribution >= 4 is 5.82 Å². The van der Waals surface area contributed by atoms with Crippen molar-refractivity contribution in [2.75, 3.05) is 19.5 Å². The standard InChI is InChI=1S/C25H29N3O3/c1-5-19-23(18-12-11-16(30-3)14-22(18)31-4)26-20(6-2)25(27-19)28-24-17-10-8-7-9-15(17)13-21(24)29/h7-12,14,21,24,29H,5-6,13H2,1-4H3,(H,27,28)/t21-,24+/m0/s1. The first-order valence-corrected chi connectivity index (χ1v) is 10.7. The molecule has 1 heterocycles. The minimum atomic E-state index is -0.490. The Kier molecular flexibility index (Phi) is 6.09. The number of hydrogen-bond acceptors (Lipinski definition) is 6. The van der Waals surface area contributed by atoms with E-state index in [1.807, 2.05) is 30.3 Å². The van der Waals surface area contributed by atoms with Crippen LogP contribution < -0.4 is 14.8 Å². The molecule has 31 heavy (non-hydrogen) atoms. The first-order valence-electron chi connectivity index (χ1n) is 10.7. The van der Waals surface area contributed by atoms with E-state index in [0.717, 1.165) is 52.6 Å². The first kappa shape index (κ1) is 21.1. The highest BCUT2D eigenvalue weighted by Crippen LogP contribution is 2.37. The van der Waals surface area contributed by atoms with Crippen molar-refractivity contribution in [1.29, 1.82) is 0 Å². The molecule has 4 rings (SSSR count). The second kappa shape index (κ2) is 8.94. The molecule has 6 heteroatoms. The number of aryl methyl sites for hydroxylation is 2. The van der Waals surface area contributed by atoms with Crippen molar-refractivity contribution in [3.63, 3.8) is 0 Å². The second-order valence-corrected chi connectivity index (χ2v) is 7.68. The van der Waals surface area contributed by atoms with E-state index >= 15 is 0 Å². The summed E-state index contributed by atoms with van der Waals surface area (Å²) in [4.78, 5) is 9.95. The summed E-state index contributed by atoms with van der Waals surface area (Å²) in [6.07, 6.45) is 1.59. The smallest absolute Gasteiger partial charge is 0.148 e. The number of aliphatic hydroxyl groups is 1. The normalized spacial score (nSPS) is 17.3. The lowest BCUT2D eigenvalue weighted by Gasteiger charge is -2.22. The number of nitrogens with zero attached hydrogens (tertiary/aromatic N) is 2. The zero-order chi connectivity index (χ0) is 22.0. The number of nitrogens with one attached hydrogen (secondary N) is 1. The summed E-state index contributed by atoms with van der Waals surface area (Å²) in [5.74, 6) is 2.16. The molecule has 3 aromatic rings. The molecule has 0 bridgehead atoms. The lowest BCUT2D eigenvalue weighted by molar-refractivity contribution is 0.165. The van der Waals surface area contributed by atoms with E-state index in [9.17, 15) is 5.11 Å². The fourth-order valence-corrected chi connectivity index (χ4v) is 4.22. The van der Waals surface area contributed by atoms with Crippen LogP contribution in [0.15, 0.2) is 42.5 Å². The minimum Gasteiger partial charge on any atom is -0.497 e. The van der Waals surface area contributed by atoms with Gasteiger partial charge in [-0.05, 0) is 36.1 Å². The largest absolute Gasteiger partial charge is 0.497 e. The fraction of sp³-hybridized carbons (Fsp3) is 0.360. The molecular formula is C25H29N3O3. The van der Waals surface area contributed by atoms with E-state index in [0.29, 0.717) is 12.2 Å². The van der Waals surface area contributed by atoms with E-state index in [1.165, 1.54) is 5.56 Å². The highest BCUT2D eigenvalue weighted by molar-refractivity contribution is 5.71. The summed E-state index contributed by atoms with van der Waals surface area (Å²) in [7, 11) is 3.28. The Labute approximate surface area is 183 Å². The third-order valence-electron chi connectivity index (χ3n) is 5.87. The number of anilines is 1. The SMILES string of the molecule is CCc1nc(-c2ccc(OC)cc2OC)c(CC)nc1N[C@@H]1c2ccccc2C[C@@H]1O. The lowest BCUT2D eigenvalue weighted by atomic mass is 10.1. The molecule has 0 fully saturated rings. The number of aromatic nitrogens is 2.